The SMILES string of the molecule is Cc1ccccc1.[Co+3].[Cu+2].[N-]=[N+]=[N-].[O-][Cl+3]([O-])([O-])[O-].[O-][Cl+3]([O-])([O-])[O-].[O-][Cl+3]([O-])([O-])[O-].c1ccc(Cn2cc(CN(Cc3cn(Cc4ccccc4)nn3)Cc3cn(Cc4ccccc4)nn3)nn2)cc1.c1ccc(Cn2cc(CN(Cc3cn(Cc4ccccc4)nn3)Cc3cn(Cc4ccccc4)nn3)nn2)cc1. The first-order chi connectivity index (χ1) is 50.3. The maximum atomic E-state index is 8.49. The Bertz CT molecular complexity index is 3870. The molecule has 35 nitrogen and oxygen atoms in total. The minimum absolute atomic E-state index is 0. The van der Waals surface area contributed by atoms with Crippen molar-refractivity contribution in [2.75, 3.05) is 0 Å². The van der Waals surface area contributed by atoms with Crippen LogP contribution >= 0.6 is 0 Å². The monoisotopic (exact) mass is 1610 g/mol. The summed E-state index contributed by atoms with van der Waals surface area (Å²) in [5.41, 5.74) is 27.2. The molecule has 0 atom stereocenters. The summed E-state index contributed by atoms with van der Waals surface area (Å²) in [5, 5.41) is 52.8. The van der Waals surface area contributed by atoms with Gasteiger partial charge in [-0.1, -0.05) is 249 Å². The van der Waals surface area contributed by atoms with Crippen LogP contribution < -0.4 is 55.9 Å². The Hall–Kier alpha value is -9.97. The zero-order valence-electron chi connectivity index (χ0n) is 56.6. The van der Waals surface area contributed by atoms with Crippen molar-refractivity contribution >= 4 is 0 Å². The van der Waals surface area contributed by atoms with Gasteiger partial charge in [0.2, 0.25) is 0 Å². The first-order valence-corrected chi connectivity index (χ1v) is 34.9. The predicted molar refractivity (Wildman–Crippen MR) is 341 cm³/mol. The molecule has 13 rings (SSSR count). The van der Waals surface area contributed by atoms with Crippen LogP contribution in [0, 0.1) is 37.7 Å². The molecule has 563 valence electrons. The van der Waals surface area contributed by atoms with Gasteiger partial charge in [0.05, 0.1) is 111 Å². The summed E-state index contributed by atoms with van der Waals surface area (Å²) >= 11 is 0. The van der Waals surface area contributed by atoms with E-state index in [0.717, 1.165) is 34.2 Å². The second kappa shape index (κ2) is 46.2. The molecule has 40 heteroatoms. The van der Waals surface area contributed by atoms with E-state index in [9.17, 15) is 0 Å². The summed E-state index contributed by atoms with van der Waals surface area (Å²) in [6, 6.07) is 71.8. The van der Waals surface area contributed by atoms with Crippen LogP contribution in [0.15, 0.2) is 250 Å². The van der Waals surface area contributed by atoms with Crippen LogP contribution in [0.5, 0.6) is 0 Å². The molecule has 0 N–H and O–H groups in total. The Balaban J connectivity index is 0.000000287. The number of benzene rings is 7. The molecule has 107 heavy (non-hydrogen) atoms. The molecule has 6 aromatic heterocycles. The van der Waals surface area contributed by atoms with Crippen LogP contribution in [0.4, 0.5) is 0 Å². The summed E-state index contributed by atoms with van der Waals surface area (Å²) in [4.78, 5) is 5.98. The average molecular weight is 1620 g/mol. The molecule has 0 aliphatic heterocycles. The van der Waals surface area contributed by atoms with Gasteiger partial charge < -0.3 is 11.1 Å². The number of aryl methyl sites for hydroxylation is 1. The standard InChI is InChI=1S/2C30H30N10.C7H8.3ClHO4.Co.Cu.N3/c2*1-4-10-25(11-5-1)16-38-22-28(31-34-38)19-37(20-29-23-39(35-32-29)17-26-12-6-2-7-13-26)21-30-24-40(36-33-30)18-27-14-8-3-9-15-27;1-7-5-3-2-4-6-7;3*2-1(3,4)5;;;1-3-2/h2*1-15,22-24H,16-21H2;2-6H,1H3;3*(H,2,3,4,5);;;/q;;;;;;+3;+2;-1/p-3. The summed E-state index contributed by atoms with van der Waals surface area (Å²) in [5.74, 6) is 0. The minimum Gasteiger partial charge on any atom is -0.373 e. The Morgan fingerprint density at radius 1 is 0.280 bits per heavy atom. The van der Waals surface area contributed by atoms with E-state index in [-0.39, 0.29) is 33.8 Å². The maximum Gasteiger partial charge on any atom is 3.00 e. The molecule has 7 aromatic carbocycles. The molecule has 0 spiro atoms. The van der Waals surface area contributed by atoms with E-state index in [2.05, 4.69) is 164 Å². The predicted octanol–water partition coefficient (Wildman–Crippen LogP) is -3.80. The third-order valence-electron chi connectivity index (χ3n) is 13.9. The van der Waals surface area contributed by atoms with Gasteiger partial charge >= 0.3 is 33.8 Å². The van der Waals surface area contributed by atoms with E-state index in [4.69, 9.17) is 67.0 Å². The number of aromatic nitrogens is 18. The first-order valence-electron chi connectivity index (χ1n) is 31.2. The van der Waals surface area contributed by atoms with Crippen LogP contribution in [0.3, 0.4) is 0 Å². The van der Waals surface area contributed by atoms with Crippen molar-refractivity contribution in [3.05, 3.63) is 339 Å². The van der Waals surface area contributed by atoms with Crippen molar-refractivity contribution < 1.29 is 120 Å². The Morgan fingerprint density at radius 3 is 0.533 bits per heavy atom. The zero-order chi connectivity index (χ0) is 75.3. The van der Waals surface area contributed by atoms with Gasteiger partial charge in [-0.15, -0.1) is 61.3 Å². The molecule has 13 aromatic rings. The van der Waals surface area contributed by atoms with Gasteiger partial charge in [-0.25, -0.2) is 84.0 Å². The molecular weight excluding hydrogens is 1550 g/mol. The van der Waals surface area contributed by atoms with E-state index in [1.54, 1.807) is 0 Å². The largest absolute Gasteiger partial charge is 3.00 e. The molecule has 1 radical (unpaired) electrons. The number of hydrogen-bond acceptors (Lipinski definition) is 26. The van der Waals surface area contributed by atoms with E-state index in [1.165, 1.54) is 43.9 Å². The van der Waals surface area contributed by atoms with Crippen LogP contribution in [0.2, 0.25) is 0 Å². The van der Waals surface area contributed by atoms with Gasteiger partial charge in [-0.05, 0) is 40.3 Å². The third kappa shape index (κ3) is 38.7. The number of nitrogens with zero attached hydrogens (tertiary/aromatic N) is 23. The maximum absolute atomic E-state index is 8.49. The van der Waals surface area contributed by atoms with Gasteiger partial charge in [0.15, 0.2) is 0 Å². The second-order valence-electron chi connectivity index (χ2n) is 22.5. The fourth-order valence-electron chi connectivity index (χ4n) is 9.80. The van der Waals surface area contributed by atoms with Crippen molar-refractivity contribution in [1.82, 2.24) is 99.8 Å². The van der Waals surface area contributed by atoms with Crippen LogP contribution in [-0.2, 0) is 112 Å². The summed E-state index contributed by atoms with van der Waals surface area (Å²) in [7, 11) is -14.8. The minimum atomic E-state index is -4.94. The molecular formula is C67H68Cl3CoCuN23O12+. The van der Waals surface area contributed by atoms with Gasteiger partial charge in [-0.3, -0.25) is 14.7 Å². The third-order valence-corrected chi connectivity index (χ3v) is 13.9. The van der Waals surface area contributed by atoms with Gasteiger partial charge in [0, 0.05) is 39.3 Å². The van der Waals surface area contributed by atoms with E-state index in [0.29, 0.717) is 78.5 Å². The van der Waals surface area contributed by atoms with Crippen LogP contribution in [0.1, 0.15) is 73.1 Å². The van der Waals surface area contributed by atoms with Crippen molar-refractivity contribution in [3.8, 4) is 0 Å². The first kappa shape index (κ1) is 87.7. The van der Waals surface area contributed by atoms with Crippen LogP contribution in [-0.4, -0.2) is 99.8 Å². The topological polar surface area (TPSA) is 526 Å². The molecule has 0 bridgehead atoms. The zero-order valence-corrected chi connectivity index (χ0v) is 60.9. The molecule has 0 fully saturated rings. The van der Waals surface area contributed by atoms with Gasteiger partial charge in [0.1, 0.15) is 0 Å². The van der Waals surface area contributed by atoms with Crippen molar-refractivity contribution in [1.29, 1.82) is 0 Å². The van der Waals surface area contributed by atoms with Gasteiger partial charge in [-0.2, -0.15) is 0 Å². The smallest absolute Gasteiger partial charge is 0.373 e. The fourth-order valence-corrected chi connectivity index (χ4v) is 9.80. The van der Waals surface area contributed by atoms with Crippen molar-refractivity contribution in [2.45, 2.75) is 85.5 Å². The van der Waals surface area contributed by atoms with Crippen LogP contribution in [0.25, 0.3) is 16.0 Å². The van der Waals surface area contributed by atoms with E-state index < -0.39 is 30.7 Å². The number of rotatable bonds is 24. The second-order valence-corrected chi connectivity index (χ2v) is 24.8. The number of halogens is 3. The van der Waals surface area contributed by atoms with E-state index in [1.807, 2.05) is 193 Å². The molecule has 0 aliphatic rings. The average Bonchev–Trinajstić information content (AvgIpc) is 1.72. The Labute approximate surface area is 640 Å². The van der Waals surface area contributed by atoms with Gasteiger partial charge in [0.25, 0.3) is 0 Å². The normalized spacial score (nSPS) is 10.8. The molecule has 0 amide bonds. The fraction of sp³-hybridized carbons (Fsp3) is 0.194. The molecule has 0 saturated carbocycles. The quantitative estimate of drug-likeness (QED) is 0.0242. The Kier molecular flexibility index (Phi) is 37.8. The molecule has 0 saturated heterocycles. The summed E-state index contributed by atoms with van der Waals surface area (Å²) < 4.78 is 113. The molecule has 0 unspecified atom stereocenters. The number of hydrogen-bond donors (Lipinski definition) is 0. The summed E-state index contributed by atoms with van der Waals surface area (Å²) in [6.07, 6.45) is 12.0. The Morgan fingerprint density at radius 2 is 0.411 bits per heavy atom. The molecule has 6 heterocycles. The van der Waals surface area contributed by atoms with E-state index >= 15 is 0 Å². The van der Waals surface area contributed by atoms with Crippen molar-refractivity contribution in [2.24, 2.45) is 0 Å². The molecule has 0 aliphatic carbocycles. The van der Waals surface area contributed by atoms with Crippen molar-refractivity contribution in [3.63, 3.8) is 0 Å². The summed E-state index contributed by atoms with van der Waals surface area (Å²) in [6.45, 7) is 9.67.